The first-order chi connectivity index (χ1) is 14.5. The largest absolute Gasteiger partial charge is 0.483 e. The minimum Gasteiger partial charge on any atom is -0.483 e. The SMILES string of the molecule is COC(=O)C1=C(C(=O)OC)N(c2ccccc2OCc2ccc(C(=O)O)o2)COC1. The molecule has 0 radical (unpaired) electrons. The first-order valence-corrected chi connectivity index (χ1v) is 8.75. The lowest BCUT2D eigenvalue weighted by Gasteiger charge is -2.32. The lowest BCUT2D eigenvalue weighted by Crippen LogP contribution is -2.39. The lowest BCUT2D eigenvalue weighted by atomic mass is 10.1. The number of nitrogens with zero attached hydrogens (tertiary/aromatic N) is 1. The molecule has 0 saturated carbocycles. The van der Waals surface area contributed by atoms with Gasteiger partial charge in [0, 0.05) is 0 Å². The second-order valence-electron chi connectivity index (χ2n) is 6.04. The number of carbonyl (C=O) groups excluding carboxylic acids is 2. The van der Waals surface area contributed by atoms with Gasteiger partial charge in [0.1, 0.15) is 30.5 Å². The number of carboxylic acid groups (broad SMARTS) is 1. The quantitative estimate of drug-likeness (QED) is 0.668. The zero-order valence-electron chi connectivity index (χ0n) is 16.2. The van der Waals surface area contributed by atoms with Crippen LogP contribution in [0, 0.1) is 0 Å². The molecule has 0 atom stereocenters. The first-order valence-electron chi connectivity index (χ1n) is 8.75. The molecule has 0 aliphatic carbocycles. The van der Waals surface area contributed by atoms with Gasteiger partial charge in [0.2, 0.25) is 5.76 Å². The van der Waals surface area contributed by atoms with Crippen molar-refractivity contribution in [3.8, 4) is 5.75 Å². The summed E-state index contributed by atoms with van der Waals surface area (Å²) < 4.78 is 26.0. The summed E-state index contributed by atoms with van der Waals surface area (Å²) in [4.78, 5) is 37.0. The Balaban J connectivity index is 1.93. The van der Waals surface area contributed by atoms with E-state index in [-0.39, 0.29) is 37.0 Å². The molecule has 10 heteroatoms. The molecule has 0 saturated heterocycles. The van der Waals surface area contributed by atoms with E-state index in [1.54, 1.807) is 24.3 Å². The Kier molecular flexibility index (Phi) is 6.38. The van der Waals surface area contributed by atoms with E-state index in [2.05, 4.69) is 0 Å². The maximum atomic E-state index is 12.4. The van der Waals surface area contributed by atoms with Gasteiger partial charge in [-0.1, -0.05) is 12.1 Å². The summed E-state index contributed by atoms with van der Waals surface area (Å²) >= 11 is 0. The molecule has 30 heavy (non-hydrogen) atoms. The van der Waals surface area contributed by atoms with Gasteiger partial charge in [-0.2, -0.15) is 0 Å². The third kappa shape index (κ3) is 4.28. The fraction of sp³-hybridized carbons (Fsp3) is 0.250. The molecule has 1 aliphatic rings. The van der Waals surface area contributed by atoms with Gasteiger partial charge >= 0.3 is 17.9 Å². The van der Waals surface area contributed by atoms with E-state index in [9.17, 15) is 14.4 Å². The Labute approximate surface area is 171 Å². The van der Waals surface area contributed by atoms with E-state index in [0.717, 1.165) is 0 Å². The molecule has 0 amide bonds. The number of ether oxygens (including phenoxy) is 4. The van der Waals surface area contributed by atoms with Gasteiger partial charge in [-0.05, 0) is 24.3 Å². The Morgan fingerprint density at radius 3 is 2.47 bits per heavy atom. The van der Waals surface area contributed by atoms with Crippen LogP contribution in [-0.2, 0) is 30.4 Å². The van der Waals surface area contributed by atoms with Crippen LogP contribution in [0.3, 0.4) is 0 Å². The van der Waals surface area contributed by atoms with Crippen molar-refractivity contribution in [1.82, 2.24) is 0 Å². The first kappa shape index (κ1) is 20.9. The number of para-hydroxylation sites is 2. The summed E-state index contributed by atoms with van der Waals surface area (Å²) in [5.74, 6) is -2.18. The van der Waals surface area contributed by atoms with Crippen LogP contribution in [0.25, 0.3) is 0 Å². The molecular formula is C20H19NO9. The highest BCUT2D eigenvalue weighted by Gasteiger charge is 2.33. The number of anilines is 1. The van der Waals surface area contributed by atoms with Crippen LogP contribution in [0.5, 0.6) is 5.75 Å². The second-order valence-corrected chi connectivity index (χ2v) is 6.04. The lowest BCUT2D eigenvalue weighted by molar-refractivity contribution is -0.140. The average Bonchev–Trinajstić information content (AvgIpc) is 3.25. The van der Waals surface area contributed by atoms with Crippen molar-refractivity contribution in [2.24, 2.45) is 0 Å². The number of hydrogen-bond donors (Lipinski definition) is 1. The number of carboxylic acids is 1. The van der Waals surface area contributed by atoms with Gasteiger partial charge in [0.05, 0.1) is 32.1 Å². The minimum absolute atomic E-state index is 0.0159. The normalized spacial score (nSPS) is 13.7. The van der Waals surface area contributed by atoms with Crippen LogP contribution in [0.15, 0.2) is 52.1 Å². The minimum atomic E-state index is -1.18. The van der Waals surface area contributed by atoms with Gasteiger partial charge < -0.3 is 33.4 Å². The highest BCUT2D eigenvalue weighted by Crippen LogP contribution is 2.34. The molecule has 3 rings (SSSR count). The molecule has 2 heterocycles. The van der Waals surface area contributed by atoms with Gasteiger partial charge in [-0.25, -0.2) is 14.4 Å². The van der Waals surface area contributed by atoms with Crippen LogP contribution in [0.1, 0.15) is 16.3 Å². The van der Waals surface area contributed by atoms with Crippen LogP contribution >= 0.6 is 0 Å². The Bertz CT molecular complexity index is 992. The maximum absolute atomic E-state index is 12.4. The van der Waals surface area contributed by atoms with Crippen molar-refractivity contribution in [3.63, 3.8) is 0 Å². The number of benzene rings is 1. The molecular weight excluding hydrogens is 398 g/mol. The summed E-state index contributed by atoms with van der Waals surface area (Å²) in [5.41, 5.74) is 0.435. The van der Waals surface area contributed by atoms with Crippen molar-refractivity contribution < 1.29 is 42.9 Å². The molecule has 158 valence electrons. The van der Waals surface area contributed by atoms with E-state index >= 15 is 0 Å². The number of carbonyl (C=O) groups is 3. The number of methoxy groups -OCH3 is 2. The third-order valence-corrected chi connectivity index (χ3v) is 4.23. The second kappa shape index (κ2) is 9.14. The molecule has 1 aliphatic heterocycles. The van der Waals surface area contributed by atoms with Crippen molar-refractivity contribution in [1.29, 1.82) is 0 Å². The standard InChI is InChI=1S/C20H19NO9/c1-26-19(24)13-10-28-11-21(17(13)20(25)27-2)14-5-3-4-6-15(14)29-9-12-7-8-16(30-12)18(22)23/h3-8H,9-11H2,1-2H3,(H,22,23). The summed E-state index contributed by atoms with van der Waals surface area (Å²) in [6.45, 7) is -0.198. The molecule has 2 aromatic rings. The zero-order chi connectivity index (χ0) is 21.7. The van der Waals surface area contributed by atoms with Gasteiger partial charge in [-0.15, -0.1) is 0 Å². The third-order valence-electron chi connectivity index (χ3n) is 4.23. The van der Waals surface area contributed by atoms with Gasteiger partial charge in [0.25, 0.3) is 0 Å². The van der Waals surface area contributed by atoms with Crippen LogP contribution in [-0.4, -0.2) is 50.6 Å². The van der Waals surface area contributed by atoms with Crippen molar-refractivity contribution >= 4 is 23.6 Å². The van der Waals surface area contributed by atoms with E-state index < -0.39 is 17.9 Å². The van der Waals surface area contributed by atoms with E-state index in [0.29, 0.717) is 17.2 Å². The Morgan fingerprint density at radius 2 is 1.80 bits per heavy atom. The van der Waals surface area contributed by atoms with Crippen molar-refractivity contribution in [2.75, 3.05) is 32.5 Å². The monoisotopic (exact) mass is 417 g/mol. The zero-order valence-corrected chi connectivity index (χ0v) is 16.2. The molecule has 10 nitrogen and oxygen atoms in total. The number of esters is 2. The fourth-order valence-corrected chi connectivity index (χ4v) is 2.86. The molecule has 0 spiro atoms. The molecule has 0 bridgehead atoms. The van der Waals surface area contributed by atoms with Crippen LogP contribution in [0.2, 0.25) is 0 Å². The summed E-state index contributed by atoms with van der Waals surface area (Å²) in [6.07, 6.45) is 0. The fourth-order valence-electron chi connectivity index (χ4n) is 2.86. The number of aromatic carboxylic acids is 1. The number of hydrogen-bond acceptors (Lipinski definition) is 9. The molecule has 0 unspecified atom stereocenters. The summed E-state index contributed by atoms with van der Waals surface area (Å²) in [6, 6.07) is 9.58. The van der Waals surface area contributed by atoms with Crippen LogP contribution < -0.4 is 9.64 Å². The predicted molar refractivity (Wildman–Crippen MR) is 101 cm³/mol. The molecule has 1 aromatic carbocycles. The van der Waals surface area contributed by atoms with Gasteiger partial charge in [-0.3, -0.25) is 0 Å². The predicted octanol–water partition coefficient (Wildman–Crippen LogP) is 1.95. The van der Waals surface area contributed by atoms with Gasteiger partial charge in [0.15, 0.2) is 0 Å². The number of furan rings is 1. The maximum Gasteiger partial charge on any atom is 0.371 e. The highest BCUT2D eigenvalue weighted by atomic mass is 16.5. The van der Waals surface area contributed by atoms with Crippen molar-refractivity contribution in [2.45, 2.75) is 6.61 Å². The highest BCUT2D eigenvalue weighted by molar-refractivity contribution is 6.03. The average molecular weight is 417 g/mol. The Hall–Kier alpha value is -3.79. The summed E-state index contributed by atoms with van der Waals surface area (Å²) in [7, 11) is 2.41. The summed E-state index contributed by atoms with van der Waals surface area (Å²) in [5, 5.41) is 8.95. The molecule has 1 aromatic heterocycles. The van der Waals surface area contributed by atoms with Crippen LogP contribution in [0.4, 0.5) is 5.69 Å². The number of rotatable bonds is 7. The van der Waals surface area contributed by atoms with E-state index in [1.807, 2.05) is 0 Å². The molecule has 0 fully saturated rings. The smallest absolute Gasteiger partial charge is 0.371 e. The molecule has 1 N–H and O–H groups in total. The Morgan fingerprint density at radius 1 is 1.07 bits per heavy atom. The topological polar surface area (TPSA) is 125 Å². The van der Waals surface area contributed by atoms with E-state index in [1.165, 1.54) is 31.3 Å². The van der Waals surface area contributed by atoms with Crippen molar-refractivity contribution in [3.05, 3.63) is 59.2 Å². The van der Waals surface area contributed by atoms with E-state index in [4.69, 9.17) is 28.5 Å².